The van der Waals surface area contributed by atoms with E-state index in [9.17, 15) is 14.4 Å². The molecule has 0 radical (unpaired) electrons. The number of urea groups is 1. The first kappa shape index (κ1) is 22.6. The van der Waals surface area contributed by atoms with Gasteiger partial charge in [-0.1, -0.05) is 19.3 Å². The van der Waals surface area contributed by atoms with Gasteiger partial charge in [0.15, 0.2) is 11.5 Å². The van der Waals surface area contributed by atoms with Crippen molar-refractivity contribution in [1.82, 2.24) is 4.90 Å². The minimum Gasteiger partial charge on any atom is -0.490 e. The highest BCUT2D eigenvalue weighted by atomic mass is 16.5. The number of benzene rings is 2. The first-order valence-electron chi connectivity index (χ1n) is 11.5. The summed E-state index contributed by atoms with van der Waals surface area (Å²) < 4.78 is 11.1. The number of nitrogens with zero attached hydrogens (tertiary/aromatic N) is 1. The lowest BCUT2D eigenvalue weighted by Crippen LogP contribution is -2.40. The molecule has 1 saturated carbocycles. The molecule has 1 aliphatic heterocycles. The van der Waals surface area contributed by atoms with E-state index in [2.05, 4.69) is 10.6 Å². The molecule has 2 aliphatic rings. The third kappa shape index (κ3) is 4.79. The van der Waals surface area contributed by atoms with Crippen molar-refractivity contribution in [3.8, 4) is 11.5 Å². The molecule has 0 saturated heterocycles. The molecule has 4 amide bonds. The van der Waals surface area contributed by atoms with Crippen LogP contribution in [0.15, 0.2) is 36.4 Å². The second-order valence-electron chi connectivity index (χ2n) is 8.14. The molecule has 0 atom stereocenters. The van der Waals surface area contributed by atoms with E-state index < -0.39 is 6.03 Å². The van der Waals surface area contributed by atoms with Gasteiger partial charge in [-0.25, -0.2) is 4.79 Å². The molecule has 0 unspecified atom stereocenters. The van der Waals surface area contributed by atoms with Crippen LogP contribution in [0.5, 0.6) is 11.5 Å². The minimum atomic E-state index is -0.470. The SMILES string of the molecule is CCOc1ccc(NC(=O)Nc2ccc3c(c2)C(=O)N(C2CCCCC2)C3=O)cc1OCC. The lowest BCUT2D eigenvalue weighted by molar-refractivity contribution is 0.0549. The van der Waals surface area contributed by atoms with Crippen LogP contribution < -0.4 is 20.1 Å². The fraction of sp³-hybridized carbons (Fsp3) is 0.400. The third-order valence-corrected chi connectivity index (χ3v) is 5.92. The van der Waals surface area contributed by atoms with Gasteiger partial charge >= 0.3 is 6.03 Å². The van der Waals surface area contributed by atoms with Gasteiger partial charge in [0, 0.05) is 23.5 Å². The number of nitrogens with one attached hydrogen (secondary N) is 2. The smallest absolute Gasteiger partial charge is 0.323 e. The highest BCUT2D eigenvalue weighted by Crippen LogP contribution is 2.33. The topological polar surface area (TPSA) is 97.0 Å². The van der Waals surface area contributed by atoms with Gasteiger partial charge in [-0.15, -0.1) is 0 Å². The molecule has 33 heavy (non-hydrogen) atoms. The molecular weight excluding hydrogens is 422 g/mol. The molecular formula is C25H29N3O5. The Morgan fingerprint density at radius 3 is 2.15 bits per heavy atom. The van der Waals surface area contributed by atoms with Gasteiger partial charge in [0.2, 0.25) is 0 Å². The fourth-order valence-corrected chi connectivity index (χ4v) is 4.43. The van der Waals surface area contributed by atoms with Crippen LogP contribution in [0.3, 0.4) is 0 Å². The number of carbonyl (C=O) groups excluding carboxylic acids is 3. The van der Waals surface area contributed by atoms with Gasteiger partial charge in [-0.2, -0.15) is 0 Å². The Morgan fingerprint density at radius 2 is 1.45 bits per heavy atom. The summed E-state index contributed by atoms with van der Waals surface area (Å²) in [6.07, 6.45) is 4.90. The monoisotopic (exact) mass is 451 g/mol. The van der Waals surface area contributed by atoms with Crippen molar-refractivity contribution >= 4 is 29.2 Å². The zero-order valence-electron chi connectivity index (χ0n) is 19.0. The summed E-state index contributed by atoms with van der Waals surface area (Å²) in [7, 11) is 0. The van der Waals surface area contributed by atoms with Crippen molar-refractivity contribution in [3.05, 3.63) is 47.5 Å². The number of hydrogen-bond acceptors (Lipinski definition) is 5. The molecule has 174 valence electrons. The Kier molecular flexibility index (Phi) is 6.82. The molecule has 1 heterocycles. The molecule has 1 aliphatic carbocycles. The van der Waals surface area contributed by atoms with Gasteiger partial charge in [-0.3, -0.25) is 14.5 Å². The summed E-state index contributed by atoms with van der Waals surface area (Å²) in [6.45, 7) is 4.73. The second-order valence-corrected chi connectivity index (χ2v) is 8.14. The number of hydrogen-bond donors (Lipinski definition) is 2. The zero-order chi connectivity index (χ0) is 23.4. The van der Waals surface area contributed by atoms with Crippen LogP contribution in [0.25, 0.3) is 0 Å². The fourth-order valence-electron chi connectivity index (χ4n) is 4.43. The number of amides is 4. The van der Waals surface area contributed by atoms with E-state index in [1.54, 1.807) is 36.4 Å². The maximum absolute atomic E-state index is 13.0. The maximum Gasteiger partial charge on any atom is 0.323 e. The normalized spacial score (nSPS) is 15.9. The minimum absolute atomic E-state index is 0.0370. The molecule has 0 bridgehead atoms. The van der Waals surface area contributed by atoms with Crippen molar-refractivity contribution in [2.45, 2.75) is 52.0 Å². The molecule has 2 aromatic rings. The number of carbonyl (C=O) groups is 3. The van der Waals surface area contributed by atoms with Gasteiger partial charge in [0.1, 0.15) is 0 Å². The van der Waals surface area contributed by atoms with Crippen molar-refractivity contribution in [1.29, 1.82) is 0 Å². The van der Waals surface area contributed by atoms with Gasteiger partial charge in [-0.05, 0) is 57.0 Å². The molecule has 4 rings (SSSR count). The lowest BCUT2D eigenvalue weighted by atomic mass is 9.94. The van der Waals surface area contributed by atoms with E-state index in [0.717, 1.165) is 32.1 Å². The van der Waals surface area contributed by atoms with Crippen LogP contribution in [0.4, 0.5) is 16.2 Å². The predicted octanol–water partition coefficient (Wildman–Crippen LogP) is 5.06. The predicted molar refractivity (Wildman–Crippen MR) is 125 cm³/mol. The summed E-state index contributed by atoms with van der Waals surface area (Å²) in [5.74, 6) is 0.630. The maximum atomic E-state index is 13.0. The molecule has 8 nitrogen and oxygen atoms in total. The quantitative estimate of drug-likeness (QED) is 0.574. The largest absolute Gasteiger partial charge is 0.490 e. The van der Waals surface area contributed by atoms with E-state index >= 15 is 0 Å². The first-order valence-corrected chi connectivity index (χ1v) is 11.5. The summed E-state index contributed by atoms with van der Waals surface area (Å²) >= 11 is 0. The molecule has 1 fully saturated rings. The number of imide groups is 1. The van der Waals surface area contributed by atoms with Gasteiger partial charge < -0.3 is 20.1 Å². The standard InChI is InChI=1S/C25H29N3O5/c1-3-32-21-13-11-17(15-22(21)33-4-2)27-25(31)26-16-10-12-19-20(14-16)24(30)28(23(19)29)18-8-6-5-7-9-18/h10-15,18H,3-9H2,1-2H3,(H2,26,27,31). The number of ether oxygens (including phenoxy) is 2. The van der Waals surface area contributed by atoms with Crippen LogP contribution in [-0.2, 0) is 0 Å². The van der Waals surface area contributed by atoms with E-state index in [1.165, 1.54) is 4.90 Å². The zero-order valence-corrected chi connectivity index (χ0v) is 19.0. The average molecular weight is 452 g/mol. The van der Waals surface area contributed by atoms with E-state index in [-0.39, 0.29) is 17.9 Å². The molecule has 2 aromatic carbocycles. The van der Waals surface area contributed by atoms with Crippen LogP contribution in [-0.4, -0.2) is 42.0 Å². The molecule has 0 aromatic heterocycles. The van der Waals surface area contributed by atoms with E-state index in [0.29, 0.717) is 47.2 Å². The van der Waals surface area contributed by atoms with Crippen LogP contribution in [0, 0.1) is 0 Å². The van der Waals surface area contributed by atoms with E-state index in [1.807, 2.05) is 13.8 Å². The van der Waals surface area contributed by atoms with Crippen molar-refractivity contribution in [2.75, 3.05) is 23.8 Å². The Balaban J connectivity index is 1.45. The molecule has 8 heteroatoms. The van der Waals surface area contributed by atoms with Gasteiger partial charge in [0.05, 0.1) is 24.3 Å². The molecule has 2 N–H and O–H groups in total. The van der Waals surface area contributed by atoms with Crippen molar-refractivity contribution in [3.63, 3.8) is 0 Å². The number of rotatable bonds is 7. The Morgan fingerprint density at radius 1 is 0.848 bits per heavy atom. The number of anilines is 2. The average Bonchev–Trinajstić information content (AvgIpc) is 3.06. The highest BCUT2D eigenvalue weighted by molar-refractivity contribution is 6.22. The summed E-state index contributed by atoms with van der Waals surface area (Å²) in [5, 5.41) is 5.50. The van der Waals surface area contributed by atoms with Gasteiger partial charge in [0.25, 0.3) is 11.8 Å². The van der Waals surface area contributed by atoms with Crippen LogP contribution in [0.1, 0.15) is 66.7 Å². The number of fused-ring (bicyclic) bond motifs is 1. The summed E-state index contributed by atoms with van der Waals surface area (Å²) in [5.41, 5.74) is 1.71. The van der Waals surface area contributed by atoms with E-state index in [4.69, 9.17) is 9.47 Å². The van der Waals surface area contributed by atoms with Crippen molar-refractivity contribution in [2.24, 2.45) is 0 Å². The molecule has 0 spiro atoms. The summed E-state index contributed by atoms with van der Waals surface area (Å²) in [4.78, 5) is 39.8. The van der Waals surface area contributed by atoms with Crippen LogP contribution >= 0.6 is 0 Å². The van der Waals surface area contributed by atoms with Crippen LogP contribution in [0.2, 0.25) is 0 Å². The van der Waals surface area contributed by atoms with Crippen molar-refractivity contribution < 1.29 is 23.9 Å². The highest BCUT2D eigenvalue weighted by Gasteiger charge is 2.40. The lowest BCUT2D eigenvalue weighted by Gasteiger charge is -2.29. The first-order chi connectivity index (χ1) is 16.0. The summed E-state index contributed by atoms with van der Waals surface area (Å²) in [6, 6.07) is 9.47. The second kappa shape index (κ2) is 9.94. The Hall–Kier alpha value is -3.55. The third-order valence-electron chi connectivity index (χ3n) is 5.92. The Labute approximate surface area is 193 Å². The Bertz CT molecular complexity index is 1060.